The number of rotatable bonds is 4. The van der Waals surface area contributed by atoms with Gasteiger partial charge in [0.2, 0.25) is 0 Å². The summed E-state index contributed by atoms with van der Waals surface area (Å²) in [6, 6.07) is 7.13. The van der Waals surface area contributed by atoms with E-state index in [1.807, 2.05) is 25.1 Å². The minimum Gasteiger partial charge on any atom is -0.495 e. The van der Waals surface area contributed by atoms with Crippen LogP contribution in [0.4, 0.5) is 0 Å². The Morgan fingerprint density at radius 1 is 1.44 bits per heavy atom. The SMILES string of the molecule is CC(Oc1cccc(Cl)c1)C(O)C1=CCCCO1. The van der Waals surface area contributed by atoms with Crippen LogP contribution in [0.3, 0.4) is 0 Å². The van der Waals surface area contributed by atoms with Gasteiger partial charge in [0.15, 0.2) is 0 Å². The van der Waals surface area contributed by atoms with Crippen molar-refractivity contribution in [2.75, 3.05) is 6.61 Å². The molecule has 0 amide bonds. The maximum atomic E-state index is 10.1. The van der Waals surface area contributed by atoms with Crippen LogP contribution in [0.5, 0.6) is 5.75 Å². The van der Waals surface area contributed by atoms with E-state index in [0.29, 0.717) is 23.1 Å². The largest absolute Gasteiger partial charge is 0.495 e. The Morgan fingerprint density at radius 2 is 2.28 bits per heavy atom. The normalized spacial score (nSPS) is 18.5. The number of allylic oxidation sites excluding steroid dienone is 1. The van der Waals surface area contributed by atoms with Gasteiger partial charge in [-0.25, -0.2) is 0 Å². The van der Waals surface area contributed by atoms with Gasteiger partial charge in [-0.15, -0.1) is 0 Å². The molecule has 0 bridgehead atoms. The van der Waals surface area contributed by atoms with Crippen LogP contribution >= 0.6 is 11.6 Å². The van der Waals surface area contributed by atoms with E-state index in [1.54, 1.807) is 12.1 Å². The summed E-state index contributed by atoms with van der Waals surface area (Å²) in [5.41, 5.74) is 0. The average Bonchev–Trinajstić information content (AvgIpc) is 2.39. The zero-order valence-electron chi connectivity index (χ0n) is 10.3. The lowest BCUT2D eigenvalue weighted by Crippen LogP contribution is -2.32. The van der Waals surface area contributed by atoms with E-state index in [2.05, 4.69) is 0 Å². The third kappa shape index (κ3) is 3.40. The molecule has 4 heteroatoms. The van der Waals surface area contributed by atoms with E-state index in [0.717, 1.165) is 12.8 Å². The lowest BCUT2D eigenvalue weighted by atomic mass is 10.1. The lowest BCUT2D eigenvalue weighted by molar-refractivity contribution is 0.0198. The van der Waals surface area contributed by atoms with Crippen molar-refractivity contribution in [1.29, 1.82) is 0 Å². The van der Waals surface area contributed by atoms with E-state index in [9.17, 15) is 5.11 Å². The molecule has 0 saturated carbocycles. The Balaban J connectivity index is 1.98. The van der Waals surface area contributed by atoms with Crippen LogP contribution < -0.4 is 4.74 Å². The molecular weight excluding hydrogens is 252 g/mol. The maximum absolute atomic E-state index is 10.1. The van der Waals surface area contributed by atoms with E-state index < -0.39 is 6.10 Å². The monoisotopic (exact) mass is 268 g/mol. The predicted octanol–water partition coefficient (Wildman–Crippen LogP) is 3.16. The molecule has 1 aliphatic heterocycles. The van der Waals surface area contributed by atoms with Gasteiger partial charge < -0.3 is 14.6 Å². The van der Waals surface area contributed by atoms with Crippen molar-refractivity contribution < 1.29 is 14.6 Å². The van der Waals surface area contributed by atoms with E-state index in [1.165, 1.54) is 0 Å². The number of benzene rings is 1. The average molecular weight is 269 g/mol. The van der Waals surface area contributed by atoms with Crippen molar-refractivity contribution >= 4 is 11.6 Å². The van der Waals surface area contributed by atoms with Gasteiger partial charge in [-0.2, -0.15) is 0 Å². The molecule has 0 aromatic heterocycles. The second-order valence-corrected chi connectivity index (χ2v) is 4.76. The van der Waals surface area contributed by atoms with Crippen molar-refractivity contribution in [2.24, 2.45) is 0 Å². The number of halogens is 1. The summed E-state index contributed by atoms with van der Waals surface area (Å²) in [5.74, 6) is 1.25. The Hall–Kier alpha value is -1.19. The van der Waals surface area contributed by atoms with Crippen LogP contribution in [0.15, 0.2) is 36.1 Å². The molecule has 18 heavy (non-hydrogen) atoms. The summed E-state index contributed by atoms with van der Waals surface area (Å²) in [4.78, 5) is 0. The second kappa shape index (κ2) is 6.12. The summed E-state index contributed by atoms with van der Waals surface area (Å²) in [5, 5.41) is 10.7. The van der Waals surface area contributed by atoms with Gasteiger partial charge in [-0.05, 0) is 44.0 Å². The first-order chi connectivity index (χ1) is 8.66. The molecule has 1 heterocycles. The molecule has 0 spiro atoms. The summed E-state index contributed by atoms with van der Waals surface area (Å²) >= 11 is 5.88. The highest BCUT2D eigenvalue weighted by Gasteiger charge is 2.23. The van der Waals surface area contributed by atoms with E-state index in [-0.39, 0.29) is 6.10 Å². The van der Waals surface area contributed by atoms with Gasteiger partial charge in [0.05, 0.1) is 6.61 Å². The maximum Gasteiger partial charge on any atom is 0.147 e. The molecule has 2 atom stereocenters. The standard InChI is InChI=1S/C14H17ClO3/c1-10(14(16)13-7-2-3-8-17-13)18-12-6-4-5-11(15)9-12/h4-7,9-10,14,16H,2-3,8H2,1H3. The minimum absolute atomic E-state index is 0.382. The number of hydrogen-bond donors (Lipinski definition) is 1. The second-order valence-electron chi connectivity index (χ2n) is 4.32. The quantitative estimate of drug-likeness (QED) is 0.912. The number of ether oxygens (including phenoxy) is 2. The molecule has 3 nitrogen and oxygen atoms in total. The van der Waals surface area contributed by atoms with Crippen molar-refractivity contribution in [3.63, 3.8) is 0 Å². The van der Waals surface area contributed by atoms with Crippen LogP contribution in [0, 0.1) is 0 Å². The molecule has 2 rings (SSSR count). The smallest absolute Gasteiger partial charge is 0.147 e. The Labute approximate surface area is 112 Å². The van der Waals surface area contributed by atoms with Crippen molar-refractivity contribution in [2.45, 2.75) is 32.0 Å². The highest BCUT2D eigenvalue weighted by molar-refractivity contribution is 6.30. The molecule has 1 aliphatic rings. The lowest BCUT2D eigenvalue weighted by Gasteiger charge is -2.25. The van der Waals surface area contributed by atoms with Crippen molar-refractivity contribution in [3.8, 4) is 5.75 Å². The number of hydrogen-bond acceptors (Lipinski definition) is 3. The third-order valence-corrected chi connectivity index (χ3v) is 3.05. The molecule has 1 aromatic carbocycles. The van der Waals surface area contributed by atoms with Crippen molar-refractivity contribution in [3.05, 3.63) is 41.1 Å². The third-order valence-electron chi connectivity index (χ3n) is 2.82. The number of aliphatic hydroxyl groups excluding tert-OH is 1. The van der Waals surface area contributed by atoms with Gasteiger partial charge in [0.1, 0.15) is 23.7 Å². The highest BCUT2D eigenvalue weighted by Crippen LogP contribution is 2.22. The first-order valence-electron chi connectivity index (χ1n) is 6.10. The molecule has 0 fully saturated rings. The van der Waals surface area contributed by atoms with Crippen LogP contribution in [0.25, 0.3) is 0 Å². The first-order valence-corrected chi connectivity index (χ1v) is 6.48. The summed E-state index contributed by atoms with van der Waals surface area (Å²) < 4.78 is 11.1. The van der Waals surface area contributed by atoms with Gasteiger partial charge in [0.25, 0.3) is 0 Å². The molecule has 0 radical (unpaired) electrons. The Morgan fingerprint density at radius 3 is 2.94 bits per heavy atom. The van der Waals surface area contributed by atoms with E-state index in [4.69, 9.17) is 21.1 Å². The van der Waals surface area contributed by atoms with Crippen LogP contribution in [0.1, 0.15) is 19.8 Å². The topological polar surface area (TPSA) is 38.7 Å². The van der Waals surface area contributed by atoms with Crippen LogP contribution in [-0.4, -0.2) is 23.9 Å². The van der Waals surface area contributed by atoms with Gasteiger partial charge in [-0.1, -0.05) is 17.7 Å². The summed E-state index contributed by atoms with van der Waals surface area (Å²) in [6.45, 7) is 2.47. The van der Waals surface area contributed by atoms with Crippen molar-refractivity contribution in [1.82, 2.24) is 0 Å². The molecular formula is C14H17ClO3. The fourth-order valence-electron chi connectivity index (χ4n) is 1.83. The minimum atomic E-state index is -0.746. The molecule has 1 aromatic rings. The van der Waals surface area contributed by atoms with Crippen LogP contribution in [-0.2, 0) is 4.74 Å². The Kier molecular flexibility index (Phi) is 4.50. The van der Waals surface area contributed by atoms with Gasteiger partial charge >= 0.3 is 0 Å². The fourth-order valence-corrected chi connectivity index (χ4v) is 2.01. The first kappa shape index (κ1) is 13.2. The molecule has 0 saturated heterocycles. The summed E-state index contributed by atoms with van der Waals surface area (Å²) in [6.07, 6.45) is 2.74. The summed E-state index contributed by atoms with van der Waals surface area (Å²) in [7, 11) is 0. The zero-order chi connectivity index (χ0) is 13.0. The van der Waals surface area contributed by atoms with Gasteiger partial charge in [-0.3, -0.25) is 0 Å². The molecule has 98 valence electrons. The van der Waals surface area contributed by atoms with Gasteiger partial charge in [0, 0.05) is 5.02 Å². The molecule has 1 N–H and O–H groups in total. The predicted molar refractivity (Wildman–Crippen MR) is 70.8 cm³/mol. The van der Waals surface area contributed by atoms with Crippen LogP contribution in [0.2, 0.25) is 5.02 Å². The Bertz CT molecular complexity index is 431. The zero-order valence-corrected chi connectivity index (χ0v) is 11.1. The molecule has 0 aliphatic carbocycles. The number of aliphatic hydroxyl groups is 1. The fraction of sp³-hybridized carbons (Fsp3) is 0.429. The highest BCUT2D eigenvalue weighted by atomic mass is 35.5. The molecule has 2 unspecified atom stereocenters. The van der Waals surface area contributed by atoms with E-state index >= 15 is 0 Å².